The Kier molecular flexibility index (Phi) is 3.09. The Morgan fingerprint density at radius 2 is 1.95 bits per heavy atom. The molecule has 0 amide bonds. The lowest BCUT2D eigenvalue weighted by Gasteiger charge is -2.04. The average molecular weight is 274 g/mol. The van der Waals surface area contributed by atoms with E-state index in [-0.39, 0.29) is 17.3 Å². The summed E-state index contributed by atoms with van der Waals surface area (Å²) in [6.07, 6.45) is 0. The minimum atomic E-state index is -0.369. The van der Waals surface area contributed by atoms with Crippen LogP contribution in [0.25, 0.3) is 10.1 Å². The number of fused-ring (bicyclic) bond motifs is 1. The highest BCUT2D eigenvalue weighted by Gasteiger charge is 2.07. The van der Waals surface area contributed by atoms with Gasteiger partial charge < -0.3 is 9.84 Å². The molecule has 0 aliphatic heterocycles. The van der Waals surface area contributed by atoms with Crippen LogP contribution in [-0.2, 0) is 6.61 Å². The van der Waals surface area contributed by atoms with Gasteiger partial charge in [-0.25, -0.2) is 4.39 Å². The molecule has 0 aliphatic carbocycles. The average Bonchev–Trinajstić information content (AvgIpc) is 2.82. The maximum atomic E-state index is 13.4. The molecule has 1 heterocycles. The van der Waals surface area contributed by atoms with Gasteiger partial charge in [-0.2, -0.15) is 0 Å². The molecule has 3 rings (SSSR count). The minimum absolute atomic E-state index is 0.240. The van der Waals surface area contributed by atoms with Crippen molar-refractivity contribution in [3.63, 3.8) is 0 Å². The summed E-state index contributed by atoms with van der Waals surface area (Å²) in [5, 5.41) is 10.7. The predicted molar refractivity (Wildman–Crippen MR) is 74.2 cm³/mol. The van der Waals surface area contributed by atoms with Gasteiger partial charge in [0, 0.05) is 4.88 Å². The predicted octanol–water partition coefficient (Wildman–Crippen LogP) is 4.33. The number of phenols is 1. The van der Waals surface area contributed by atoms with Crippen LogP contribution in [0.15, 0.2) is 48.5 Å². The van der Waals surface area contributed by atoms with Crippen molar-refractivity contribution in [1.82, 2.24) is 0 Å². The summed E-state index contributed by atoms with van der Waals surface area (Å²) in [5.74, 6) is 0.135. The zero-order valence-electron chi connectivity index (χ0n) is 9.97. The molecular weight excluding hydrogens is 263 g/mol. The molecule has 3 aromatic rings. The fraction of sp³-hybridized carbons (Fsp3) is 0.0667. The van der Waals surface area contributed by atoms with E-state index in [0.29, 0.717) is 6.61 Å². The Balaban J connectivity index is 1.83. The first-order valence-electron chi connectivity index (χ1n) is 5.82. The van der Waals surface area contributed by atoms with Gasteiger partial charge in [-0.3, -0.25) is 0 Å². The van der Waals surface area contributed by atoms with Gasteiger partial charge >= 0.3 is 0 Å². The van der Waals surface area contributed by atoms with Crippen molar-refractivity contribution in [3.05, 3.63) is 59.2 Å². The molecule has 19 heavy (non-hydrogen) atoms. The van der Waals surface area contributed by atoms with Gasteiger partial charge in [0.15, 0.2) is 11.6 Å². The number of aromatic hydroxyl groups is 1. The number of phenolic OH excluding ortho intramolecular Hbond substituents is 1. The SMILES string of the molecule is Oc1cccc2cc(COc3ccccc3F)sc12. The van der Waals surface area contributed by atoms with Crippen molar-refractivity contribution >= 4 is 21.4 Å². The fourth-order valence-corrected chi connectivity index (χ4v) is 2.87. The normalized spacial score (nSPS) is 10.8. The third-order valence-corrected chi connectivity index (χ3v) is 3.93. The molecule has 0 radical (unpaired) electrons. The maximum absolute atomic E-state index is 13.4. The number of benzene rings is 2. The lowest BCUT2D eigenvalue weighted by molar-refractivity contribution is 0.293. The molecule has 0 saturated heterocycles. The smallest absolute Gasteiger partial charge is 0.165 e. The first kappa shape index (κ1) is 12.0. The van der Waals surface area contributed by atoms with E-state index in [0.717, 1.165) is 15.0 Å². The van der Waals surface area contributed by atoms with Gasteiger partial charge in [-0.15, -0.1) is 11.3 Å². The lowest BCUT2D eigenvalue weighted by atomic mass is 10.2. The standard InChI is InChI=1S/C15H11FO2S/c16-12-5-1-2-7-14(12)18-9-11-8-10-4-3-6-13(17)15(10)19-11/h1-8,17H,9H2. The maximum Gasteiger partial charge on any atom is 0.165 e. The van der Waals surface area contributed by atoms with E-state index >= 15 is 0 Å². The molecule has 96 valence electrons. The van der Waals surface area contributed by atoms with Crippen LogP contribution in [0.4, 0.5) is 4.39 Å². The fourth-order valence-electron chi connectivity index (χ4n) is 1.88. The highest BCUT2D eigenvalue weighted by molar-refractivity contribution is 7.19. The number of rotatable bonds is 3. The number of para-hydroxylation sites is 1. The Bertz CT molecular complexity index is 721. The molecule has 0 aliphatic rings. The summed E-state index contributed by atoms with van der Waals surface area (Å²) < 4.78 is 19.7. The zero-order chi connectivity index (χ0) is 13.2. The third kappa shape index (κ3) is 2.39. The summed E-state index contributed by atoms with van der Waals surface area (Å²) in [6.45, 7) is 0.291. The molecule has 1 N–H and O–H groups in total. The first-order valence-corrected chi connectivity index (χ1v) is 6.63. The molecule has 0 bridgehead atoms. The number of ether oxygens (including phenoxy) is 1. The number of hydrogen-bond acceptors (Lipinski definition) is 3. The van der Waals surface area contributed by atoms with Gasteiger partial charge in [0.25, 0.3) is 0 Å². The first-order chi connectivity index (χ1) is 9.24. The second-order valence-corrected chi connectivity index (χ2v) is 5.26. The van der Waals surface area contributed by atoms with Crippen LogP contribution < -0.4 is 4.74 Å². The van der Waals surface area contributed by atoms with Gasteiger partial charge in [0.1, 0.15) is 12.4 Å². The zero-order valence-corrected chi connectivity index (χ0v) is 10.8. The van der Waals surface area contributed by atoms with E-state index in [2.05, 4.69) is 0 Å². The van der Waals surface area contributed by atoms with Crippen molar-refractivity contribution in [2.24, 2.45) is 0 Å². The van der Waals surface area contributed by atoms with Crippen molar-refractivity contribution in [1.29, 1.82) is 0 Å². The Morgan fingerprint density at radius 1 is 1.11 bits per heavy atom. The number of thiophene rings is 1. The summed E-state index contributed by atoms with van der Waals surface area (Å²) in [7, 11) is 0. The van der Waals surface area contributed by atoms with Crippen LogP contribution in [0.3, 0.4) is 0 Å². The molecule has 4 heteroatoms. The number of halogens is 1. The Labute approximate surface area is 113 Å². The summed E-state index contributed by atoms with van der Waals surface area (Å²) in [6, 6.07) is 13.6. The second-order valence-electron chi connectivity index (χ2n) is 4.13. The van der Waals surface area contributed by atoms with E-state index in [9.17, 15) is 9.50 Å². The van der Waals surface area contributed by atoms with Crippen LogP contribution >= 0.6 is 11.3 Å². The van der Waals surface area contributed by atoms with Crippen molar-refractivity contribution < 1.29 is 14.2 Å². The lowest BCUT2D eigenvalue weighted by Crippen LogP contribution is -1.94. The van der Waals surface area contributed by atoms with Crippen molar-refractivity contribution in [2.45, 2.75) is 6.61 Å². The van der Waals surface area contributed by atoms with Crippen molar-refractivity contribution in [2.75, 3.05) is 0 Å². The van der Waals surface area contributed by atoms with Crippen LogP contribution in [0.1, 0.15) is 4.88 Å². The third-order valence-electron chi connectivity index (χ3n) is 2.78. The summed E-state index contributed by atoms with van der Waals surface area (Å²) >= 11 is 1.45. The van der Waals surface area contributed by atoms with E-state index in [4.69, 9.17) is 4.74 Å². The highest BCUT2D eigenvalue weighted by Crippen LogP contribution is 2.33. The Hall–Kier alpha value is -2.07. The summed E-state index contributed by atoms with van der Waals surface area (Å²) in [4.78, 5) is 0.944. The van der Waals surface area contributed by atoms with Crippen LogP contribution in [0, 0.1) is 5.82 Å². The van der Waals surface area contributed by atoms with Crippen molar-refractivity contribution in [3.8, 4) is 11.5 Å². The topological polar surface area (TPSA) is 29.5 Å². The molecular formula is C15H11FO2S. The largest absolute Gasteiger partial charge is 0.506 e. The van der Waals surface area contributed by atoms with Gasteiger partial charge in [-0.1, -0.05) is 24.3 Å². The van der Waals surface area contributed by atoms with Crippen LogP contribution in [0.5, 0.6) is 11.5 Å². The van der Waals surface area contributed by atoms with E-state index in [1.54, 1.807) is 30.3 Å². The molecule has 1 aromatic heterocycles. The molecule has 2 aromatic carbocycles. The molecule has 0 unspecified atom stereocenters. The van der Waals surface area contributed by atoms with E-state index in [1.165, 1.54) is 17.4 Å². The molecule has 2 nitrogen and oxygen atoms in total. The Morgan fingerprint density at radius 3 is 2.74 bits per heavy atom. The second kappa shape index (κ2) is 4.90. The molecule has 0 fully saturated rings. The highest BCUT2D eigenvalue weighted by atomic mass is 32.1. The monoisotopic (exact) mass is 274 g/mol. The van der Waals surface area contributed by atoms with E-state index < -0.39 is 0 Å². The quantitative estimate of drug-likeness (QED) is 0.770. The molecule has 0 spiro atoms. The number of hydrogen-bond donors (Lipinski definition) is 1. The minimum Gasteiger partial charge on any atom is -0.506 e. The van der Waals surface area contributed by atoms with Gasteiger partial charge in [0.05, 0.1) is 4.70 Å². The molecule has 0 atom stereocenters. The van der Waals surface area contributed by atoms with E-state index in [1.807, 2.05) is 12.1 Å². The summed E-state index contributed by atoms with van der Waals surface area (Å²) in [5.41, 5.74) is 0. The van der Waals surface area contributed by atoms with Crippen LogP contribution in [0.2, 0.25) is 0 Å². The van der Waals surface area contributed by atoms with Gasteiger partial charge in [-0.05, 0) is 29.7 Å². The van der Waals surface area contributed by atoms with Gasteiger partial charge in [0.2, 0.25) is 0 Å². The molecule has 0 saturated carbocycles. The van der Waals surface area contributed by atoms with Crippen LogP contribution in [-0.4, -0.2) is 5.11 Å².